The molecule has 0 bridgehead atoms. The van der Waals surface area contributed by atoms with Crippen molar-refractivity contribution >= 4 is 28.6 Å². The summed E-state index contributed by atoms with van der Waals surface area (Å²) in [6, 6.07) is 25.7. The molecule has 0 fully saturated rings. The first kappa shape index (κ1) is 18.2. The van der Waals surface area contributed by atoms with Crippen LogP contribution in [0.5, 0.6) is 5.75 Å². The van der Waals surface area contributed by atoms with Gasteiger partial charge < -0.3 is 14.0 Å². The van der Waals surface area contributed by atoms with Crippen LogP contribution < -0.4 is 4.74 Å². The van der Waals surface area contributed by atoms with Gasteiger partial charge >= 0.3 is 5.97 Å². The fourth-order valence-electron chi connectivity index (χ4n) is 3.20. The number of hydrogen-bond donors (Lipinski definition) is 0. The van der Waals surface area contributed by atoms with Crippen LogP contribution in [0.1, 0.15) is 10.5 Å². The molecule has 0 aliphatic carbocycles. The summed E-state index contributed by atoms with van der Waals surface area (Å²) >= 11 is 1.54. The third-order valence-corrected chi connectivity index (χ3v) is 5.61. The Morgan fingerprint density at radius 2 is 1.57 bits per heavy atom. The largest absolute Gasteiger partial charge is 0.497 e. The van der Waals surface area contributed by atoms with E-state index in [-0.39, 0.29) is 5.97 Å². The summed E-state index contributed by atoms with van der Waals surface area (Å²) in [5.74, 6) is 0.362. The second kappa shape index (κ2) is 7.82. The minimum Gasteiger partial charge on any atom is -0.497 e. The lowest BCUT2D eigenvalue weighted by molar-refractivity contribution is 0.0588. The number of para-hydroxylation sites is 1. The molecule has 0 saturated carbocycles. The predicted molar refractivity (Wildman–Crippen MR) is 112 cm³/mol. The van der Waals surface area contributed by atoms with E-state index in [1.165, 1.54) is 7.11 Å². The molecule has 4 nitrogen and oxygen atoms in total. The zero-order chi connectivity index (χ0) is 19.5. The summed E-state index contributed by atoms with van der Waals surface area (Å²) in [7, 11) is 3.05. The van der Waals surface area contributed by atoms with Crippen molar-refractivity contribution in [3.05, 3.63) is 84.6 Å². The van der Waals surface area contributed by atoms with Gasteiger partial charge in [-0.1, -0.05) is 48.2 Å². The fraction of sp³-hybridized carbons (Fsp3) is 0.0870. The minimum atomic E-state index is -0.377. The summed E-state index contributed by atoms with van der Waals surface area (Å²) < 4.78 is 12.5. The van der Waals surface area contributed by atoms with Crippen molar-refractivity contribution in [1.82, 2.24) is 4.57 Å². The van der Waals surface area contributed by atoms with Crippen molar-refractivity contribution in [1.29, 1.82) is 0 Å². The number of hydrogen-bond acceptors (Lipinski definition) is 4. The monoisotopic (exact) mass is 389 g/mol. The summed E-state index contributed by atoms with van der Waals surface area (Å²) in [6.07, 6.45) is 0. The minimum absolute atomic E-state index is 0.377. The highest BCUT2D eigenvalue weighted by Crippen LogP contribution is 2.41. The predicted octanol–water partition coefficient (Wildman–Crippen LogP) is 5.58. The molecular weight excluding hydrogens is 370 g/mol. The molecule has 3 aromatic carbocycles. The fourth-order valence-corrected chi connectivity index (χ4v) is 4.28. The number of fused-ring (bicyclic) bond motifs is 1. The van der Waals surface area contributed by atoms with Crippen molar-refractivity contribution in [3.8, 4) is 11.4 Å². The van der Waals surface area contributed by atoms with Gasteiger partial charge in [-0.2, -0.15) is 0 Å². The second-order valence-electron chi connectivity index (χ2n) is 6.14. The van der Waals surface area contributed by atoms with Crippen LogP contribution in [0, 0.1) is 0 Å². The van der Waals surface area contributed by atoms with E-state index < -0.39 is 0 Å². The normalized spacial score (nSPS) is 10.8. The van der Waals surface area contributed by atoms with Crippen LogP contribution in [-0.2, 0) is 4.74 Å². The number of nitrogens with zero attached hydrogens (tertiary/aromatic N) is 1. The van der Waals surface area contributed by atoms with E-state index in [1.54, 1.807) is 18.9 Å². The lowest BCUT2D eigenvalue weighted by Gasteiger charge is -2.10. The van der Waals surface area contributed by atoms with Gasteiger partial charge in [0, 0.05) is 16.0 Å². The van der Waals surface area contributed by atoms with Crippen molar-refractivity contribution in [2.75, 3.05) is 14.2 Å². The maximum Gasteiger partial charge on any atom is 0.356 e. The molecule has 0 radical (unpaired) electrons. The van der Waals surface area contributed by atoms with Crippen molar-refractivity contribution in [2.24, 2.45) is 0 Å². The summed E-state index contributed by atoms with van der Waals surface area (Å²) in [6.45, 7) is 0. The molecule has 0 spiro atoms. The first-order chi connectivity index (χ1) is 13.7. The van der Waals surface area contributed by atoms with E-state index in [4.69, 9.17) is 9.47 Å². The van der Waals surface area contributed by atoms with Crippen LogP contribution in [0.3, 0.4) is 0 Å². The Bertz CT molecular complexity index is 1120. The van der Waals surface area contributed by atoms with Gasteiger partial charge in [0.05, 0.1) is 24.6 Å². The maximum absolute atomic E-state index is 12.9. The number of rotatable bonds is 5. The Hall–Kier alpha value is -3.18. The molecule has 0 unspecified atom stereocenters. The smallest absolute Gasteiger partial charge is 0.356 e. The van der Waals surface area contributed by atoms with Gasteiger partial charge in [0.1, 0.15) is 11.4 Å². The van der Waals surface area contributed by atoms with Crippen LogP contribution in [0.25, 0.3) is 16.6 Å². The summed E-state index contributed by atoms with van der Waals surface area (Å²) in [4.78, 5) is 14.7. The number of ether oxygens (including phenoxy) is 2. The molecule has 140 valence electrons. The number of esters is 1. The Morgan fingerprint density at radius 1 is 0.893 bits per heavy atom. The van der Waals surface area contributed by atoms with E-state index in [9.17, 15) is 4.79 Å². The lowest BCUT2D eigenvalue weighted by atomic mass is 10.2. The van der Waals surface area contributed by atoms with Gasteiger partial charge in [-0.25, -0.2) is 4.79 Å². The van der Waals surface area contributed by atoms with Gasteiger partial charge in [-0.05, 0) is 42.5 Å². The lowest BCUT2D eigenvalue weighted by Crippen LogP contribution is -2.10. The summed E-state index contributed by atoms with van der Waals surface area (Å²) in [5.41, 5.74) is 2.33. The highest BCUT2D eigenvalue weighted by atomic mass is 32.2. The van der Waals surface area contributed by atoms with E-state index in [0.717, 1.165) is 32.1 Å². The average molecular weight is 389 g/mol. The average Bonchev–Trinajstić information content (AvgIpc) is 3.07. The molecule has 1 heterocycles. The number of aromatic nitrogens is 1. The number of methoxy groups -OCH3 is 2. The molecule has 4 aromatic rings. The molecule has 0 amide bonds. The maximum atomic E-state index is 12.9. The van der Waals surface area contributed by atoms with Crippen molar-refractivity contribution in [3.63, 3.8) is 0 Å². The molecule has 4 rings (SSSR count). The standard InChI is InChI=1S/C23H19NO3S/c1-26-17-13-14-20-19(15-17)22(28-18-11-7-4-8-12-18)21(23(25)27-2)24(20)16-9-5-3-6-10-16/h3-15H,1-2H3. The molecule has 0 aliphatic rings. The van der Waals surface area contributed by atoms with E-state index in [2.05, 4.69) is 0 Å². The van der Waals surface area contributed by atoms with Crippen LogP contribution in [0.4, 0.5) is 0 Å². The first-order valence-electron chi connectivity index (χ1n) is 8.82. The van der Waals surface area contributed by atoms with E-state index in [1.807, 2.05) is 83.4 Å². The van der Waals surface area contributed by atoms with Crippen molar-refractivity contribution in [2.45, 2.75) is 9.79 Å². The summed E-state index contributed by atoms with van der Waals surface area (Å²) in [5, 5.41) is 0.942. The number of benzene rings is 3. The van der Waals surface area contributed by atoms with Gasteiger partial charge in [-0.3, -0.25) is 0 Å². The topological polar surface area (TPSA) is 40.5 Å². The molecular formula is C23H19NO3S. The van der Waals surface area contributed by atoms with Gasteiger partial charge in [0.2, 0.25) is 0 Å². The zero-order valence-corrected chi connectivity index (χ0v) is 16.4. The molecule has 0 saturated heterocycles. The SMILES string of the molecule is COC(=O)c1c(Sc2ccccc2)c2cc(OC)ccc2n1-c1ccccc1. The zero-order valence-electron chi connectivity index (χ0n) is 15.6. The molecule has 0 atom stereocenters. The molecule has 0 aliphatic heterocycles. The van der Waals surface area contributed by atoms with E-state index in [0.29, 0.717) is 5.69 Å². The Kier molecular flexibility index (Phi) is 5.08. The van der Waals surface area contributed by atoms with Gasteiger partial charge in [0.25, 0.3) is 0 Å². The number of carbonyl (C=O) groups excluding carboxylic acids is 1. The van der Waals surface area contributed by atoms with Crippen LogP contribution in [0.15, 0.2) is 88.7 Å². The second-order valence-corrected chi connectivity index (χ2v) is 7.22. The third kappa shape index (κ3) is 3.25. The highest BCUT2D eigenvalue weighted by molar-refractivity contribution is 7.99. The Balaban J connectivity index is 2.05. The highest BCUT2D eigenvalue weighted by Gasteiger charge is 2.25. The molecule has 5 heteroatoms. The van der Waals surface area contributed by atoms with Crippen LogP contribution in [-0.4, -0.2) is 24.8 Å². The quantitative estimate of drug-likeness (QED) is 0.418. The molecule has 0 N–H and O–H groups in total. The Labute approximate surface area is 167 Å². The van der Waals surface area contributed by atoms with Crippen LogP contribution >= 0.6 is 11.8 Å². The van der Waals surface area contributed by atoms with Crippen LogP contribution in [0.2, 0.25) is 0 Å². The number of carbonyl (C=O) groups is 1. The third-order valence-electron chi connectivity index (χ3n) is 4.48. The van der Waals surface area contributed by atoms with Gasteiger partial charge in [0.15, 0.2) is 0 Å². The van der Waals surface area contributed by atoms with Gasteiger partial charge in [-0.15, -0.1) is 0 Å². The first-order valence-corrected chi connectivity index (χ1v) is 9.63. The molecule has 28 heavy (non-hydrogen) atoms. The Morgan fingerprint density at radius 3 is 2.21 bits per heavy atom. The molecule has 1 aromatic heterocycles. The van der Waals surface area contributed by atoms with Crippen molar-refractivity contribution < 1.29 is 14.3 Å². The van der Waals surface area contributed by atoms with E-state index >= 15 is 0 Å².